The van der Waals surface area contributed by atoms with Crippen LogP contribution in [0, 0.1) is 0 Å². The van der Waals surface area contributed by atoms with Gasteiger partial charge in [0.15, 0.2) is 0 Å². The van der Waals surface area contributed by atoms with Gasteiger partial charge in [0.1, 0.15) is 0 Å². The zero-order valence-corrected chi connectivity index (χ0v) is 12.1. The van der Waals surface area contributed by atoms with Crippen molar-refractivity contribution in [2.45, 2.75) is 13.5 Å². The van der Waals surface area contributed by atoms with Crippen LogP contribution in [0.4, 0.5) is 5.69 Å². The molecule has 21 heavy (non-hydrogen) atoms. The van der Waals surface area contributed by atoms with Crippen LogP contribution in [0.1, 0.15) is 12.6 Å². The SMILES string of the molecule is CCNc1cnn(Cc2nn(C)c3ccccc23)c(=O)c1. The minimum Gasteiger partial charge on any atom is -0.384 e. The van der Waals surface area contributed by atoms with E-state index in [-0.39, 0.29) is 5.56 Å². The lowest BCUT2D eigenvalue weighted by atomic mass is 10.2. The normalized spacial score (nSPS) is 11.0. The molecule has 0 saturated heterocycles. The number of para-hydroxylation sites is 1. The molecule has 0 saturated carbocycles. The lowest BCUT2D eigenvalue weighted by Gasteiger charge is -2.05. The van der Waals surface area contributed by atoms with Gasteiger partial charge in [-0.15, -0.1) is 0 Å². The smallest absolute Gasteiger partial charge is 0.269 e. The summed E-state index contributed by atoms with van der Waals surface area (Å²) in [5.41, 5.74) is 2.50. The van der Waals surface area contributed by atoms with Gasteiger partial charge in [-0.3, -0.25) is 9.48 Å². The van der Waals surface area contributed by atoms with Crippen LogP contribution in [0.2, 0.25) is 0 Å². The first-order valence-electron chi connectivity index (χ1n) is 6.90. The molecule has 2 heterocycles. The summed E-state index contributed by atoms with van der Waals surface area (Å²) in [5, 5.41) is 12.8. The highest BCUT2D eigenvalue weighted by atomic mass is 16.1. The van der Waals surface area contributed by atoms with Gasteiger partial charge in [-0.2, -0.15) is 10.2 Å². The number of benzene rings is 1. The predicted octanol–water partition coefficient (Wildman–Crippen LogP) is 1.61. The summed E-state index contributed by atoms with van der Waals surface area (Å²) < 4.78 is 3.25. The molecule has 108 valence electrons. The maximum Gasteiger partial charge on any atom is 0.269 e. The molecule has 0 aliphatic rings. The van der Waals surface area contributed by atoms with E-state index in [9.17, 15) is 4.79 Å². The van der Waals surface area contributed by atoms with E-state index in [2.05, 4.69) is 15.5 Å². The molecule has 0 bridgehead atoms. The van der Waals surface area contributed by atoms with Gasteiger partial charge in [0.2, 0.25) is 0 Å². The first-order chi connectivity index (χ1) is 10.2. The monoisotopic (exact) mass is 283 g/mol. The highest BCUT2D eigenvalue weighted by molar-refractivity contribution is 5.81. The summed E-state index contributed by atoms with van der Waals surface area (Å²) in [4.78, 5) is 12.1. The summed E-state index contributed by atoms with van der Waals surface area (Å²) in [6, 6.07) is 9.52. The molecule has 0 unspecified atom stereocenters. The fraction of sp³-hybridized carbons (Fsp3) is 0.267. The Morgan fingerprint density at radius 3 is 2.86 bits per heavy atom. The van der Waals surface area contributed by atoms with Gasteiger partial charge in [-0.05, 0) is 13.0 Å². The van der Waals surface area contributed by atoms with E-state index in [1.807, 2.05) is 42.9 Å². The third kappa shape index (κ3) is 2.52. The van der Waals surface area contributed by atoms with Crippen molar-refractivity contribution in [3.05, 3.63) is 52.6 Å². The number of rotatable bonds is 4. The molecule has 3 aromatic rings. The Morgan fingerprint density at radius 2 is 2.10 bits per heavy atom. The molecule has 0 spiro atoms. The average Bonchev–Trinajstić information content (AvgIpc) is 2.79. The number of aromatic nitrogens is 4. The molecule has 6 nitrogen and oxygen atoms in total. The number of aryl methyl sites for hydroxylation is 1. The molecule has 0 radical (unpaired) electrons. The maximum absolute atomic E-state index is 12.1. The van der Waals surface area contributed by atoms with Crippen LogP contribution in [0.25, 0.3) is 10.9 Å². The number of anilines is 1. The molecule has 0 aliphatic carbocycles. The second kappa shape index (κ2) is 5.40. The molecule has 3 rings (SSSR count). The average molecular weight is 283 g/mol. The fourth-order valence-corrected chi connectivity index (χ4v) is 2.40. The van der Waals surface area contributed by atoms with E-state index in [0.717, 1.165) is 28.8 Å². The van der Waals surface area contributed by atoms with E-state index in [1.165, 1.54) is 4.68 Å². The van der Waals surface area contributed by atoms with E-state index in [4.69, 9.17) is 0 Å². The van der Waals surface area contributed by atoms with Crippen LogP contribution >= 0.6 is 0 Å². The van der Waals surface area contributed by atoms with E-state index < -0.39 is 0 Å². The molecule has 1 aromatic carbocycles. The summed E-state index contributed by atoms with van der Waals surface area (Å²) in [6.07, 6.45) is 1.66. The summed E-state index contributed by atoms with van der Waals surface area (Å²) in [7, 11) is 1.90. The molecular weight excluding hydrogens is 266 g/mol. The third-order valence-electron chi connectivity index (χ3n) is 3.38. The number of hydrogen-bond acceptors (Lipinski definition) is 4. The zero-order valence-electron chi connectivity index (χ0n) is 12.1. The largest absolute Gasteiger partial charge is 0.384 e. The Bertz CT molecular complexity index is 833. The van der Waals surface area contributed by atoms with Gasteiger partial charge in [0, 0.05) is 25.0 Å². The Labute approximate surface area is 122 Å². The number of fused-ring (bicyclic) bond motifs is 1. The van der Waals surface area contributed by atoms with E-state index >= 15 is 0 Å². The second-order valence-electron chi connectivity index (χ2n) is 4.86. The molecule has 2 aromatic heterocycles. The summed E-state index contributed by atoms with van der Waals surface area (Å²) in [6.45, 7) is 3.11. The van der Waals surface area contributed by atoms with Crippen LogP contribution in [-0.2, 0) is 13.6 Å². The first kappa shape index (κ1) is 13.4. The fourth-order valence-electron chi connectivity index (χ4n) is 2.40. The highest BCUT2D eigenvalue weighted by Crippen LogP contribution is 2.17. The van der Waals surface area contributed by atoms with Gasteiger partial charge in [0.05, 0.1) is 29.6 Å². The minimum atomic E-state index is -0.136. The number of nitrogens with zero attached hydrogens (tertiary/aromatic N) is 4. The van der Waals surface area contributed by atoms with Crippen molar-refractivity contribution in [3.63, 3.8) is 0 Å². The lowest BCUT2D eigenvalue weighted by Crippen LogP contribution is -2.23. The van der Waals surface area contributed by atoms with Crippen LogP contribution < -0.4 is 10.9 Å². The summed E-state index contributed by atoms with van der Waals surface area (Å²) in [5.74, 6) is 0. The Balaban J connectivity index is 1.97. The quantitative estimate of drug-likeness (QED) is 0.790. The van der Waals surface area contributed by atoms with Gasteiger partial charge < -0.3 is 5.32 Å². The molecule has 0 aliphatic heterocycles. The molecule has 6 heteroatoms. The van der Waals surface area contributed by atoms with Crippen molar-refractivity contribution < 1.29 is 0 Å². The van der Waals surface area contributed by atoms with Crippen LogP contribution in [0.5, 0.6) is 0 Å². The lowest BCUT2D eigenvalue weighted by molar-refractivity contribution is 0.618. The van der Waals surface area contributed by atoms with Gasteiger partial charge >= 0.3 is 0 Å². The minimum absolute atomic E-state index is 0.136. The maximum atomic E-state index is 12.1. The molecule has 0 amide bonds. The Hall–Kier alpha value is -2.63. The van der Waals surface area contributed by atoms with Crippen molar-refractivity contribution >= 4 is 16.6 Å². The first-order valence-corrected chi connectivity index (χ1v) is 6.90. The van der Waals surface area contributed by atoms with Crippen molar-refractivity contribution in [3.8, 4) is 0 Å². The number of nitrogens with one attached hydrogen (secondary N) is 1. The highest BCUT2D eigenvalue weighted by Gasteiger charge is 2.10. The van der Waals surface area contributed by atoms with Crippen molar-refractivity contribution in [2.75, 3.05) is 11.9 Å². The van der Waals surface area contributed by atoms with Gasteiger partial charge in [0.25, 0.3) is 5.56 Å². The third-order valence-corrected chi connectivity index (χ3v) is 3.38. The van der Waals surface area contributed by atoms with Crippen LogP contribution in [0.15, 0.2) is 41.3 Å². The van der Waals surface area contributed by atoms with Gasteiger partial charge in [-0.1, -0.05) is 18.2 Å². The second-order valence-corrected chi connectivity index (χ2v) is 4.86. The van der Waals surface area contributed by atoms with Gasteiger partial charge in [-0.25, -0.2) is 4.68 Å². The molecule has 0 atom stereocenters. The molecule has 1 N–H and O–H groups in total. The molecule has 0 fully saturated rings. The standard InChI is InChI=1S/C15H17N5O/c1-3-16-11-8-15(21)20(17-9-11)10-13-12-6-4-5-7-14(12)19(2)18-13/h4-9,16H,3,10H2,1-2H3. The van der Waals surface area contributed by atoms with E-state index in [0.29, 0.717) is 6.54 Å². The summed E-state index contributed by atoms with van der Waals surface area (Å²) >= 11 is 0. The predicted molar refractivity (Wildman–Crippen MR) is 82.5 cm³/mol. The molecular formula is C15H17N5O. The number of hydrogen-bond donors (Lipinski definition) is 1. The topological polar surface area (TPSA) is 64.7 Å². The van der Waals surface area contributed by atoms with Crippen LogP contribution in [-0.4, -0.2) is 26.1 Å². The van der Waals surface area contributed by atoms with Crippen LogP contribution in [0.3, 0.4) is 0 Å². The Kier molecular flexibility index (Phi) is 3.43. The van der Waals surface area contributed by atoms with Crippen molar-refractivity contribution in [1.82, 2.24) is 19.6 Å². The van der Waals surface area contributed by atoms with Crippen molar-refractivity contribution in [1.29, 1.82) is 0 Å². The Morgan fingerprint density at radius 1 is 1.29 bits per heavy atom. The zero-order chi connectivity index (χ0) is 14.8. The van der Waals surface area contributed by atoms with E-state index in [1.54, 1.807) is 12.3 Å². The van der Waals surface area contributed by atoms with Crippen molar-refractivity contribution in [2.24, 2.45) is 7.05 Å².